The van der Waals surface area contributed by atoms with Crippen molar-refractivity contribution in [1.82, 2.24) is 0 Å². The average Bonchev–Trinajstić information content (AvgIpc) is 2.91. The third-order valence-electron chi connectivity index (χ3n) is 3.43. The summed E-state index contributed by atoms with van der Waals surface area (Å²) in [6, 6.07) is 7.83. The Labute approximate surface area is 149 Å². The van der Waals surface area contributed by atoms with Crippen molar-refractivity contribution in [2.75, 3.05) is 0 Å². The second-order valence-corrected chi connectivity index (χ2v) is 7.91. The van der Waals surface area contributed by atoms with Gasteiger partial charge in [-0.25, -0.2) is 0 Å². The van der Waals surface area contributed by atoms with Gasteiger partial charge in [0.15, 0.2) is 0 Å². The molecule has 1 heterocycles. The summed E-state index contributed by atoms with van der Waals surface area (Å²) in [5.74, 6) is 0.766. The minimum Gasteiger partial charge on any atom is -0.485 e. The fourth-order valence-corrected chi connectivity index (χ4v) is 3.66. The van der Waals surface area contributed by atoms with Crippen LogP contribution in [0.3, 0.4) is 0 Å². The number of hydrogen-bond donors (Lipinski definition) is 1. The Morgan fingerprint density at radius 3 is 2.27 bits per heavy atom. The van der Waals surface area contributed by atoms with Crippen LogP contribution < -0.4 is 10.5 Å². The van der Waals surface area contributed by atoms with E-state index in [4.69, 9.17) is 10.5 Å². The van der Waals surface area contributed by atoms with Crippen LogP contribution in [-0.4, -0.2) is 5.91 Å². The van der Waals surface area contributed by atoms with E-state index in [0.29, 0.717) is 10.8 Å². The number of carbonyl (C=O) groups is 1. The first-order valence-corrected chi connectivity index (χ1v) is 9.02. The smallest absolute Gasteiger partial charge is 0.258 e. The summed E-state index contributed by atoms with van der Waals surface area (Å²) in [5.41, 5.74) is 7.76. The summed E-state index contributed by atoms with van der Waals surface area (Å²) in [6.45, 7) is 8.40. The van der Waals surface area contributed by atoms with Crippen LogP contribution in [0.1, 0.15) is 45.6 Å². The van der Waals surface area contributed by atoms with E-state index < -0.39 is 0 Å². The van der Waals surface area contributed by atoms with Gasteiger partial charge in [-0.15, -0.1) is 11.3 Å². The lowest BCUT2D eigenvalue weighted by Crippen LogP contribution is -2.13. The molecule has 0 saturated carbocycles. The summed E-state index contributed by atoms with van der Waals surface area (Å²) in [7, 11) is 0. The van der Waals surface area contributed by atoms with Crippen molar-refractivity contribution >= 4 is 39.8 Å². The predicted octanol–water partition coefficient (Wildman–Crippen LogP) is 4.84. The van der Waals surface area contributed by atoms with Crippen molar-refractivity contribution in [1.29, 1.82) is 0 Å². The third-order valence-corrected chi connectivity index (χ3v) is 6.29. The van der Waals surface area contributed by atoms with Crippen molar-refractivity contribution < 1.29 is 9.53 Å². The number of ether oxygens (including phenoxy) is 1. The average molecular weight is 429 g/mol. The molecule has 0 spiro atoms. The molecule has 0 aliphatic rings. The maximum Gasteiger partial charge on any atom is 0.258 e. The monoisotopic (exact) mass is 429 g/mol. The Hall–Kier alpha value is -1.08. The Balaban J connectivity index is 2.31. The summed E-state index contributed by atoms with van der Waals surface area (Å²) in [4.78, 5) is 12.9. The summed E-state index contributed by atoms with van der Waals surface area (Å²) in [5, 5.41) is 0. The molecule has 0 fully saturated rings. The number of benzene rings is 1. The maximum absolute atomic E-state index is 11.3. The SMILES string of the molecule is Cc1cc(OC(c2ccc(C(N)=O)s2)C(C)C)cc(C)c1I. The lowest BCUT2D eigenvalue weighted by Gasteiger charge is -2.22. The predicted molar refractivity (Wildman–Crippen MR) is 99.7 cm³/mol. The van der Waals surface area contributed by atoms with E-state index in [9.17, 15) is 4.79 Å². The van der Waals surface area contributed by atoms with Gasteiger partial charge >= 0.3 is 0 Å². The standard InChI is InChI=1S/C17H20INO2S/c1-9(2)16(13-5-6-14(22-13)17(19)20)21-12-7-10(3)15(18)11(4)8-12/h5-9,16H,1-4H3,(H2,19,20). The molecule has 2 rings (SSSR count). The zero-order valence-corrected chi connectivity index (χ0v) is 16.1. The molecule has 1 amide bonds. The molecule has 1 unspecified atom stereocenters. The van der Waals surface area contributed by atoms with Crippen molar-refractivity contribution in [2.45, 2.75) is 33.8 Å². The van der Waals surface area contributed by atoms with Gasteiger partial charge in [0.25, 0.3) is 5.91 Å². The van der Waals surface area contributed by atoms with Crippen LogP contribution in [0.4, 0.5) is 0 Å². The number of rotatable bonds is 5. The lowest BCUT2D eigenvalue weighted by atomic mass is 10.1. The highest BCUT2D eigenvalue weighted by atomic mass is 127. The first-order chi connectivity index (χ1) is 10.3. The molecular weight excluding hydrogens is 409 g/mol. The van der Waals surface area contributed by atoms with Crippen LogP contribution in [-0.2, 0) is 0 Å². The minimum absolute atomic E-state index is 0.0861. The van der Waals surface area contributed by atoms with Gasteiger partial charge in [-0.1, -0.05) is 13.8 Å². The molecule has 0 bridgehead atoms. The summed E-state index contributed by atoms with van der Waals surface area (Å²) < 4.78 is 7.49. The molecule has 0 aliphatic heterocycles. The van der Waals surface area contributed by atoms with E-state index in [2.05, 4.69) is 62.4 Å². The Morgan fingerprint density at radius 1 is 1.23 bits per heavy atom. The molecule has 0 aliphatic carbocycles. The zero-order valence-electron chi connectivity index (χ0n) is 13.1. The van der Waals surface area contributed by atoms with E-state index >= 15 is 0 Å². The fraction of sp³-hybridized carbons (Fsp3) is 0.353. The highest BCUT2D eigenvalue weighted by Gasteiger charge is 2.21. The van der Waals surface area contributed by atoms with Gasteiger partial charge in [-0.2, -0.15) is 0 Å². The molecule has 1 aromatic heterocycles. The van der Waals surface area contributed by atoms with Gasteiger partial charge in [-0.3, -0.25) is 4.79 Å². The lowest BCUT2D eigenvalue weighted by molar-refractivity contribution is 0.100. The molecule has 2 aromatic rings. The van der Waals surface area contributed by atoms with Crippen LogP contribution in [0.5, 0.6) is 5.75 Å². The van der Waals surface area contributed by atoms with E-state index in [1.165, 1.54) is 26.0 Å². The number of halogens is 1. The van der Waals surface area contributed by atoms with Gasteiger partial charge in [-0.05, 0) is 77.7 Å². The van der Waals surface area contributed by atoms with Gasteiger partial charge in [0.2, 0.25) is 0 Å². The van der Waals surface area contributed by atoms with E-state index in [1.807, 2.05) is 6.07 Å². The number of nitrogens with two attached hydrogens (primary N) is 1. The molecular formula is C17H20INO2S. The molecule has 2 N–H and O–H groups in total. The first kappa shape index (κ1) is 17.3. The van der Waals surface area contributed by atoms with Crippen LogP contribution in [0.25, 0.3) is 0 Å². The molecule has 22 heavy (non-hydrogen) atoms. The van der Waals surface area contributed by atoms with Gasteiger partial charge in [0.1, 0.15) is 11.9 Å². The minimum atomic E-state index is -0.389. The van der Waals surface area contributed by atoms with Gasteiger partial charge in [0, 0.05) is 8.45 Å². The van der Waals surface area contributed by atoms with Crippen molar-refractivity contribution in [3.63, 3.8) is 0 Å². The third kappa shape index (κ3) is 3.81. The molecule has 0 radical (unpaired) electrons. The summed E-state index contributed by atoms with van der Waals surface area (Å²) in [6.07, 6.45) is -0.0861. The Bertz CT molecular complexity index is 671. The van der Waals surface area contributed by atoms with E-state index in [-0.39, 0.29) is 12.0 Å². The normalized spacial score (nSPS) is 12.5. The molecule has 118 valence electrons. The number of carbonyl (C=O) groups excluding carboxylic acids is 1. The van der Waals surface area contributed by atoms with Crippen molar-refractivity contribution in [3.05, 3.63) is 48.7 Å². The zero-order chi connectivity index (χ0) is 16.4. The fourth-order valence-electron chi connectivity index (χ4n) is 2.28. The van der Waals surface area contributed by atoms with Crippen LogP contribution in [0.15, 0.2) is 24.3 Å². The molecule has 3 nitrogen and oxygen atoms in total. The van der Waals surface area contributed by atoms with Gasteiger partial charge in [0.05, 0.1) is 4.88 Å². The topological polar surface area (TPSA) is 52.3 Å². The molecule has 5 heteroatoms. The summed E-state index contributed by atoms with van der Waals surface area (Å²) >= 11 is 3.76. The highest BCUT2D eigenvalue weighted by Crippen LogP contribution is 2.34. The number of amides is 1. The highest BCUT2D eigenvalue weighted by molar-refractivity contribution is 14.1. The van der Waals surface area contributed by atoms with Crippen molar-refractivity contribution in [2.24, 2.45) is 11.7 Å². The second kappa shape index (κ2) is 7.00. The van der Waals surface area contributed by atoms with E-state index in [1.54, 1.807) is 6.07 Å². The molecule has 0 saturated heterocycles. The number of primary amides is 1. The Morgan fingerprint density at radius 2 is 1.82 bits per heavy atom. The van der Waals surface area contributed by atoms with Crippen molar-refractivity contribution in [3.8, 4) is 5.75 Å². The first-order valence-electron chi connectivity index (χ1n) is 7.12. The molecule has 1 atom stereocenters. The number of hydrogen-bond acceptors (Lipinski definition) is 3. The number of thiophene rings is 1. The Kier molecular flexibility index (Phi) is 5.50. The maximum atomic E-state index is 11.3. The van der Waals surface area contributed by atoms with Crippen LogP contribution in [0.2, 0.25) is 0 Å². The van der Waals surface area contributed by atoms with Crippen LogP contribution in [0, 0.1) is 23.3 Å². The molecule has 1 aromatic carbocycles. The van der Waals surface area contributed by atoms with Gasteiger partial charge < -0.3 is 10.5 Å². The quantitative estimate of drug-likeness (QED) is 0.692. The second-order valence-electron chi connectivity index (χ2n) is 5.72. The van der Waals surface area contributed by atoms with Crippen LogP contribution >= 0.6 is 33.9 Å². The largest absolute Gasteiger partial charge is 0.485 e. The van der Waals surface area contributed by atoms with E-state index in [0.717, 1.165) is 10.6 Å². The number of aryl methyl sites for hydroxylation is 2.